The predicted molar refractivity (Wildman–Crippen MR) is 224 cm³/mol. The molecule has 4 N–H and O–H groups in total. The lowest BCUT2D eigenvalue weighted by molar-refractivity contribution is -0.138. The molecular weight excluding hydrogens is 778 g/mol. The fraction of sp³-hybridized carbons (Fsp3) is 0.432. The number of anilines is 3. The van der Waals surface area contributed by atoms with E-state index in [0.29, 0.717) is 53.8 Å². The van der Waals surface area contributed by atoms with Gasteiger partial charge in [0.1, 0.15) is 17.3 Å². The highest BCUT2D eigenvalue weighted by Crippen LogP contribution is 2.33. The molecule has 0 radical (unpaired) electrons. The monoisotopic (exact) mass is 831 g/mol. The van der Waals surface area contributed by atoms with Gasteiger partial charge in [-0.05, 0) is 108 Å². The van der Waals surface area contributed by atoms with Gasteiger partial charge in [0.2, 0.25) is 0 Å². The number of aliphatic carboxylic acids is 1. The average molecular weight is 832 g/mol. The first-order chi connectivity index (χ1) is 28.2. The van der Waals surface area contributed by atoms with Crippen molar-refractivity contribution in [1.82, 2.24) is 10.3 Å². The largest absolute Gasteiger partial charge is 0.485 e. The second-order valence-corrected chi connectivity index (χ2v) is 16.6. The van der Waals surface area contributed by atoms with Crippen LogP contribution in [-0.4, -0.2) is 78.5 Å². The number of aryl methyl sites for hydroxylation is 1. The van der Waals surface area contributed by atoms with Gasteiger partial charge < -0.3 is 39.4 Å². The minimum absolute atomic E-state index is 0.00538. The number of benzene rings is 3. The molecule has 1 unspecified atom stereocenters. The molecule has 1 fully saturated rings. The predicted octanol–water partition coefficient (Wildman–Crippen LogP) is 8.84. The summed E-state index contributed by atoms with van der Waals surface area (Å²) in [6.45, 7) is 15.0. The van der Waals surface area contributed by atoms with Gasteiger partial charge >= 0.3 is 24.2 Å². The Kier molecular flexibility index (Phi) is 14.2. The minimum atomic E-state index is -1.16. The Bertz CT molecular complexity index is 2190. The molecule has 1 aromatic heterocycles. The van der Waals surface area contributed by atoms with Crippen molar-refractivity contribution in [3.63, 3.8) is 0 Å². The molecule has 1 saturated heterocycles. The van der Waals surface area contributed by atoms with Crippen LogP contribution in [-0.2, 0) is 30.3 Å². The molecule has 322 valence electrons. The first-order valence-corrected chi connectivity index (χ1v) is 19.6. The standard InChI is InChI=1S/C44H54FN5O10/c1-25-18-28(10-12-33(25)26(2)23-57-40(53)49-31-20-29(22-46-9)37(35(45)21-31)58-32-15-17-56-24-32)36(39(51)52)48-30-11-13-34-27(19-30)14-16-47-38(34)50(41(54)59-43(3,4)5)42(55)60-44(6,7)8/h10-14,16,18-21,26,32,36,46,48H,15,17,22-24H2,1-9H3,(H,49,53)(H,51,52)/t26-,32-,36?/m0/s1. The van der Waals surface area contributed by atoms with Gasteiger partial charge in [-0.25, -0.2) is 28.6 Å². The second-order valence-electron chi connectivity index (χ2n) is 16.6. The number of hydrogen-bond acceptors (Lipinski definition) is 12. The third-order valence-electron chi connectivity index (χ3n) is 9.19. The summed E-state index contributed by atoms with van der Waals surface area (Å²) in [4.78, 5) is 57.2. The van der Waals surface area contributed by atoms with Crippen LogP contribution in [0.1, 0.15) is 89.1 Å². The molecule has 15 nitrogen and oxygen atoms in total. The summed E-state index contributed by atoms with van der Waals surface area (Å²) in [5, 5.41) is 20.0. The van der Waals surface area contributed by atoms with Crippen molar-refractivity contribution in [2.24, 2.45) is 0 Å². The first-order valence-electron chi connectivity index (χ1n) is 19.6. The first kappa shape index (κ1) is 45.1. The smallest absolute Gasteiger partial charge is 0.425 e. The molecule has 60 heavy (non-hydrogen) atoms. The van der Waals surface area contributed by atoms with Gasteiger partial charge in [0.05, 0.1) is 19.8 Å². The summed E-state index contributed by atoms with van der Waals surface area (Å²) in [6, 6.07) is 13.5. The molecular formula is C44H54FN5O10. The van der Waals surface area contributed by atoms with Crippen molar-refractivity contribution >= 4 is 52.2 Å². The fourth-order valence-corrected chi connectivity index (χ4v) is 6.57. The van der Waals surface area contributed by atoms with Crippen molar-refractivity contribution in [1.29, 1.82) is 0 Å². The number of nitrogens with zero attached hydrogens (tertiary/aromatic N) is 2. The third kappa shape index (κ3) is 11.8. The van der Waals surface area contributed by atoms with Gasteiger partial charge in [0.25, 0.3) is 0 Å². The number of nitrogens with one attached hydrogen (secondary N) is 3. The highest BCUT2D eigenvalue weighted by molar-refractivity contribution is 6.14. The maximum atomic E-state index is 15.2. The highest BCUT2D eigenvalue weighted by Gasteiger charge is 2.35. The molecule has 0 spiro atoms. The van der Waals surface area contributed by atoms with Gasteiger partial charge in [-0.15, -0.1) is 0 Å². The van der Waals surface area contributed by atoms with Crippen LogP contribution in [0.15, 0.2) is 60.8 Å². The van der Waals surface area contributed by atoms with E-state index in [1.807, 2.05) is 13.8 Å². The maximum Gasteiger partial charge on any atom is 0.425 e. The van der Waals surface area contributed by atoms with Crippen LogP contribution in [0, 0.1) is 12.7 Å². The normalized spacial score (nSPS) is 15.1. The van der Waals surface area contributed by atoms with Gasteiger partial charge in [-0.3, -0.25) is 5.32 Å². The van der Waals surface area contributed by atoms with Gasteiger partial charge in [0.15, 0.2) is 23.4 Å². The Hall–Kier alpha value is -6.00. The molecule has 16 heteroatoms. The van der Waals surface area contributed by atoms with E-state index in [0.717, 1.165) is 16.0 Å². The van der Waals surface area contributed by atoms with Crippen molar-refractivity contribution in [2.45, 2.75) is 97.6 Å². The number of fused-ring (bicyclic) bond motifs is 1. The molecule has 1 aliphatic rings. The van der Waals surface area contributed by atoms with E-state index < -0.39 is 47.3 Å². The average Bonchev–Trinajstić information content (AvgIpc) is 3.66. The summed E-state index contributed by atoms with van der Waals surface area (Å²) in [6.07, 6.45) is -0.859. The Balaban J connectivity index is 1.28. The number of hydrogen-bond donors (Lipinski definition) is 4. The van der Waals surface area contributed by atoms with E-state index in [9.17, 15) is 24.3 Å². The number of rotatable bonds is 13. The van der Waals surface area contributed by atoms with Crippen LogP contribution < -0.4 is 25.6 Å². The summed E-state index contributed by atoms with van der Waals surface area (Å²) < 4.78 is 42.9. The van der Waals surface area contributed by atoms with E-state index in [1.165, 1.54) is 12.3 Å². The maximum absolute atomic E-state index is 15.2. The lowest BCUT2D eigenvalue weighted by Crippen LogP contribution is -2.44. The Morgan fingerprint density at radius 3 is 2.27 bits per heavy atom. The summed E-state index contributed by atoms with van der Waals surface area (Å²) in [5.41, 5.74) is 1.44. The molecule has 0 saturated carbocycles. The number of carboxylic acids is 1. The van der Waals surface area contributed by atoms with Crippen LogP contribution in [0.3, 0.4) is 0 Å². The number of amides is 3. The van der Waals surface area contributed by atoms with Crippen LogP contribution in [0.4, 0.5) is 36.0 Å². The zero-order valence-corrected chi connectivity index (χ0v) is 35.4. The number of ether oxygens (including phenoxy) is 5. The number of aromatic nitrogens is 1. The second kappa shape index (κ2) is 18.9. The molecule has 0 bridgehead atoms. The topological polar surface area (TPSA) is 187 Å². The van der Waals surface area contributed by atoms with Gasteiger partial charge in [0, 0.05) is 53.5 Å². The molecule has 5 rings (SSSR count). The summed E-state index contributed by atoms with van der Waals surface area (Å²) in [5.74, 6) is -1.92. The molecule has 0 aliphatic carbocycles. The van der Waals surface area contributed by atoms with Gasteiger partial charge in [-0.1, -0.05) is 25.1 Å². The molecule has 2 heterocycles. The quantitative estimate of drug-likeness (QED) is 0.0937. The number of carboxylic acid groups (broad SMARTS) is 1. The van der Waals surface area contributed by atoms with Crippen LogP contribution in [0.5, 0.6) is 5.75 Å². The molecule has 3 atom stereocenters. The molecule has 3 amide bonds. The van der Waals surface area contributed by atoms with Gasteiger partial charge in [-0.2, -0.15) is 4.90 Å². The zero-order valence-electron chi connectivity index (χ0n) is 35.4. The molecule has 1 aliphatic heterocycles. The highest BCUT2D eigenvalue weighted by atomic mass is 19.1. The lowest BCUT2D eigenvalue weighted by atomic mass is 9.93. The minimum Gasteiger partial charge on any atom is -0.485 e. The Morgan fingerprint density at radius 2 is 1.67 bits per heavy atom. The number of carbonyl (C=O) groups excluding carboxylic acids is 3. The molecule has 4 aromatic rings. The lowest BCUT2D eigenvalue weighted by Gasteiger charge is -2.28. The van der Waals surface area contributed by atoms with E-state index in [4.69, 9.17) is 23.7 Å². The van der Waals surface area contributed by atoms with Crippen LogP contribution in [0.2, 0.25) is 0 Å². The number of imide groups is 1. The van der Waals surface area contributed by atoms with E-state index in [-0.39, 0.29) is 35.9 Å². The van der Waals surface area contributed by atoms with Crippen molar-refractivity contribution in [3.05, 3.63) is 88.9 Å². The van der Waals surface area contributed by atoms with Crippen molar-refractivity contribution in [3.8, 4) is 5.75 Å². The Labute approximate surface area is 348 Å². The SMILES string of the molecule is CNCc1cc(NC(=O)OC[C@H](C)c2ccc(C(Nc3ccc4c(N(C(=O)OC(C)(C)C)C(=O)OC(C)(C)C)nccc4c3)C(=O)O)cc2C)cc(F)c1O[C@H]1CCOC1. The summed E-state index contributed by atoms with van der Waals surface area (Å²) in [7, 11) is 1.73. The van der Waals surface area contributed by atoms with Crippen LogP contribution >= 0.6 is 0 Å². The summed E-state index contributed by atoms with van der Waals surface area (Å²) >= 11 is 0. The fourth-order valence-electron chi connectivity index (χ4n) is 6.57. The van der Waals surface area contributed by atoms with E-state index >= 15 is 4.39 Å². The molecule has 3 aromatic carbocycles. The number of carbonyl (C=O) groups is 4. The zero-order chi connectivity index (χ0) is 43.9. The third-order valence-corrected chi connectivity index (χ3v) is 9.19. The van der Waals surface area contributed by atoms with E-state index in [1.54, 1.807) is 97.1 Å². The Morgan fingerprint density at radius 1 is 0.967 bits per heavy atom. The van der Waals surface area contributed by atoms with Crippen molar-refractivity contribution in [2.75, 3.05) is 42.4 Å². The number of pyridine rings is 1. The van der Waals surface area contributed by atoms with Crippen LogP contribution in [0.25, 0.3) is 10.8 Å². The van der Waals surface area contributed by atoms with E-state index in [2.05, 4.69) is 20.9 Å². The number of halogens is 1. The van der Waals surface area contributed by atoms with Crippen molar-refractivity contribution < 1.29 is 52.4 Å².